The van der Waals surface area contributed by atoms with Gasteiger partial charge in [0.15, 0.2) is 17.5 Å². The van der Waals surface area contributed by atoms with Crippen molar-refractivity contribution in [1.82, 2.24) is 43.6 Å². The Kier molecular flexibility index (Phi) is 20.6. The Hall–Kier alpha value is -19.6. The number of benzene rings is 20. The van der Waals surface area contributed by atoms with Crippen LogP contribution in [0.3, 0.4) is 0 Å². The van der Waals surface area contributed by atoms with Crippen molar-refractivity contribution in [1.29, 1.82) is 0 Å². The summed E-state index contributed by atoms with van der Waals surface area (Å²) >= 11 is 0. The summed E-state index contributed by atoms with van der Waals surface area (Å²) in [6.45, 7) is 0. The molecule has 674 valence electrons. The summed E-state index contributed by atoms with van der Waals surface area (Å²) in [6.07, 6.45) is 0. The minimum absolute atomic E-state index is 0.665. The molecule has 0 aliphatic carbocycles. The Labute approximate surface area is 826 Å². The maximum Gasteiger partial charge on any atom is 0.162 e. The average molecular weight is 1840 g/mol. The van der Waals surface area contributed by atoms with Crippen LogP contribution in [-0.4, -0.2) is 43.6 Å². The van der Waals surface area contributed by atoms with Gasteiger partial charge in [-0.15, -0.1) is 0 Å². The van der Waals surface area contributed by atoms with Crippen molar-refractivity contribution in [2.24, 2.45) is 0 Å². The molecule has 0 radical (unpaired) electrons. The van der Waals surface area contributed by atoms with Crippen LogP contribution in [0.5, 0.6) is 0 Å². The minimum Gasteiger partial charge on any atom is -0.456 e. The SMILES string of the molecule is c1ccc(-c2cccc(-c3cc(-c4ccc5c(c4)oc4ccccc45)nc(-c4cccc5c6ccccc6n(-c6ccccc6)c45)n3)c2)cc1.c1ccc(-c2cccc(-c3nc(-c4ccc5c(c4)oc4ccccc45)cc(-c4ccc5c(c4)c4ccccc4n5-c4ccccc4)n3)c2)cc1.c1ccc(-c2nc(-c3ccc4oc5ccccc5c4c3)cc(-c3cccc4c3c3ccccc3n4-c3ccccc3)n2)cc1. The molecule has 12 nitrogen and oxygen atoms in total. The fourth-order valence-corrected chi connectivity index (χ4v) is 20.9. The van der Waals surface area contributed by atoms with Crippen molar-refractivity contribution in [3.05, 3.63) is 504 Å². The molecule has 0 fully saturated rings. The zero-order chi connectivity index (χ0) is 95.1. The van der Waals surface area contributed by atoms with E-state index in [0.717, 1.165) is 222 Å². The van der Waals surface area contributed by atoms with Crippen LogP contribution in [0, 0.1) is 0 Å². The summed E-state index contributed by atoms with van der Waals surface area (Å²) in [7, 11) is 0. The van der Waals surface area contributed by atoms with Crippen LogP contribution in [0.2, 0.25) is 0 Å². The Bertz CT molecular complexity index is 10000. The van der Waals surface area contributed by atoms with Gasteiger partial charge < -0.3 is 27.0 Å². The van der Waals surface area contributed by atoms with Crippen molar-refractivity contribution < 1.29 is 13.3 Å². The summed E-state index contributed by atoms with van der Waals surface area (Å²) in [6, 6.07) is 175. The Morgan fingerprint density at radius 1 is 0.146 bits per heavy atom. The topological polar surface area (TPSA) is 132 Å². The molecule has 0 saturated carbocycles. The highest BCUT2D eigenvalue weighted by atomic mass is 16.3. The summed E-state index contributed by atoms with van der Waals surface area (Å²) < 4.78 is 25.7. The molecule has 9 heterocycles. The Morgan fingerprint density at radius 2 is 0.458 bits per heavy atom. The van der Waals surface area contributed by atoms with Crippen molar-refractivity contribution >= 4 is 131 Å². The van der Waals surface area contributed by atoms with Gasteiger partial charge in [0, 0.05) is 132 Å². The van der Waals surface area contributed by atoms with E-state index in [4.69, 9.17) is 43.2 Å². The lowest BCUT2D eigenvalue weighted by atomic mass is 10.00. The van der Waals surface area contributed by atoms with Gasteiger partial charge in [0.2, 0.25) is 0 Å². The molecule has 0 bridgehead atoms. The third-order valence-corrected chi connectivity index (χ3v) is 27.6. The van der Waals surface area contributed by atoms with Crippen molar-refractivity contribution in [3.8, 4) is 141 Å². The third-order valence-electron chi connectivity index (χ3n) is 27.6. The molecule has 0 unspecified atom stereocenters. The van der Waals surface area contributed by atoms with Gasteiger partial charge in [-0.05, 0) is 192 Å². The number of hydrogen-bond acceptors (Lipinski definition) is 9. The Balaban J connectivity index is 0.000000108. The van der Waals surface area contributed by atoms with E-state index in [9.17, 15) is 0 Å². The van der Waals surface area contributed by atoms with Gasteiger partial charge in [-0.1, -0.05) is 334 Å². The lowest BCUT2D eigenvalue weighted by Crippen LogP contribution is -1.99. The molecule has 29 rings (SSSR count). The van der Waals surface area contributed by atoms with Crippen LogP contribution in [-0.2, 0) is 0 Å². The van der Waals surface area contributed by atoms with Crippen LogP contribution < -0.4 is 0 Å². The molecule has 29 aromatic rings. The summed E-state index contributed by atoms with van der Waals surface area (Å²) in [5, 5.41) is 13.7. The van der Waals surface area contributed by atoms with Gasteiger partial charge in [-0.2, -0.15) is 0 Å². The van der Waals surface area contributed by atoms with E-state index in [1.807, 2.05) is 91.0 Å². The van der Waals surface area contributed by atoms with E-state index >= 15 is 0 Å². The van der Waals surface area contributed by atoms with Crippen LogP contribution >= 0.6 is 0 Å². The predicted molar refractivity (Wildman–Crippen MR) is 591 cm³/mol. The zero-order valence-electron chi connectivity index (χ0n) is 77.7. The first kappa shape index (κ1) is 83.8. The van der Waals surface area contributed by atoms with Crippen LogP contribution in [0.15, 0.2) is 517 Å². The summed E-state index contributed by atoms with van der Waals surface area (Å²) in [5.74, 6) is 2.03. The largest absolute Gasteiger partial charge is 0.456 e. The van der Waals surface area contributed by atoms with Gasteiger partial charge in [0.05, 0.1) is 67.3 Å². The Morgan fingerprint density at radius 3 is 1.01 bits per heavy atom. The molecule has 0 N–H and O–H groups in total. The number of fused-ring (bicyclic) bond motifs is 18. The zero-order valence-corrected chi connectivity index (χ0v) is 77.7. The van der Waals surface area contributed by atoms with E-state index in [0.29, 0.717) is 17.5 Å². The number of para-hydroxylation sites is 10. The predicted octanol–water partition coefficient (Wildman–Crippen LogP) is 34.8. The van der Waals surface area contributed by atoms with Gasteiger partial charge >= 0.3 is 0 Å². The summed E-state index contributed by atoms with van der Waals surface area (Å²) in [4.78, 5) is 31.4. The normalized spacial score (nSPS) is 11.6. The first-order chi connectivity index (χ1) is 71.4. The number of nitrogens with zero attached hydrogens (tertiary/aromatic N) is 9. The first-order valence-electron chi connectivity index (χ1n) is 48.4. The fraction of sp³-hybridized carbons (Fsp3) is 0. The second-order valence-corrected chi connectivity index (χ2v) is 36.3. The molecule has 20 aromatic carbocycles. The molecule has 0 spiro atoms. The standard InChI is InChI=1S/2C46H29N3O.C40H25N3O/c1-3-13-30(14-4-1)31-15-11-16-32(27-31)40-29-41(33-25-26-37-36-20-8-10-24-43(36)50-44(37)28-33)48-46(47-40)39-22-12-21-38-35-19-7-9-23-42(35)49(45(38)39)34-17-5-2-6-18-34;1-3-12-30(13-4-1)31-14-11-15-34(26-31)46-47-40(29-41(48-46)33-22-24-38-37-19-8-10-21-44(37)50-45(38)28-33)32-23-25-43-39(27-32)36-18-7-9-20-42(36)49(43)35-16-5-2-6-17-35;1-3-12-26(13-4-1)40-41-33(27-22-23-38-32(24-27)29-16-8-10-21-37(29)44-38)25-34(42-40)30-18-11-20-36-39(30)31-17-7-9-19-35(31)43(36)28-14-5-2-6-15-28/h2*1-29H;1-25H. The smallest absolute Gasteiger partial charge is 0.162 e. The second-order valence-electron chi connectivity index (χ2n) is 36.3. The monoisotopic (exact) mass is 1840 g/mol. The molecule has 0 aliphatic heterocycles. The number of hydrogen-bond donors (Lipinski definition) is 0. The van der Waals surface area contributed by atoms with Gasteiger partial charge in [-0.25, -0.2) is 29.9 Å². The van der Waals surface area contributed by atoms with E-state index < -0.39 is 0 Å². The molecule has 0 atom stereocenters. The first-order valence-corrected chi connectivity index (χ1v) is 48.4. The van der Waals surface area contributed by atoms with Crippen molar-refractivity contribution in [3.63, 3.8) is 0 Å². The van der Waals surface area contributed by atoms with Crippen LogP contribution in [0.4, 0.5) is 0 Å². The second kappa shape index (κ2) is 35.5. The molecule has 144 heavy (non-hydrogen) atoms. The average Bonchev–Trinajstić information content (AvgIpc) is 1.58. The molecule has 12 heteroatoms. The lowest BCUT2D eigenvalue weighted by Gasteiger charge is -2.13. The van der Waals surface area contributed by atoms with E-state index in [-0.39, 0.29) is 0 Å². The molecule has 0 saturated heterocycles. The molecule has 0 amide bonds. The van der Waals surface area contributed by atoms with Gasteiger partial charge in [0.25, 0.3) is 0 Å². The highest BCUT2D eigenvalue weighted by Crippen LogP contribution is 2.46. The summed E-state index contributed by atoms with van der Waals surface area (Å²) in [5.41, 5.74) is 34.1. The minimum atomic E-state index is 0.665. The van der Waals surface area contributed by atoms with Crippen molar-refractivity contribution in [2.45, 2.75) is 0 Å². The number of aromatic nitrogens is 9. The van der Waals surface area contributed by atoms with E-state index in [1.165, 1.54) is 32.4 Å². The van der Waals surface area contributed by atoms with Crippen LogP contribution in [0.1, 0.15) is 0 Å². The number of rotatable bonds is 14. The van der Waals surface area contributed by atoms with Gasteiger partial charge in [-0.3, -0.25) is 0 Å². The third kappa shape index (κ3) is 15.0. The molecule has 0 aliphatic rings. The highest BCUT2D eigenvalue weighted by Gasteiger charge is 2.26. The van der Waals surface area contributed by atoms with Crippen molar-refractivity contribution in [2.75, 3.05) is 0 Å². The lowest BCUT2D eigenvalue weighted by molar-refractivity contribution is 0.668. The molecule has 9 aromatic heterocycles. The molecular formula is C132H83N9O3. The van der Waals surface area contributed by atoms with Gasteiger partial charge in [0.1, 0.15) is 33.5 Å². The fourth-order valence-electron chi connectivity index (χ4n) is 20.9. The number of furan rings is 3. The maximum absolute atomic E-state index is 6.32. The quantitative estimate of drug-likeness (QED) is 0.104. The maximum atomic E-state index is 6.32. The molecular weight excluding hydrogens is 1760 g/mol. The van der Waals surface area contributed by atoms with Crippen LogP contribution in [0.25, 0.3) is 272 Å². The highest BCUT2D eigenvalue weighted by molar-refractivity contribution is 6.18. The van der Waals surface area contributed by atoms with E-state index in [1.54, 1.807) is 0 Å². The van der Waals surface area contributed by atoms with E-state index in [2.05, 4.69) is 426 Å².